The summed E-state index contributed by atoms with van der Waals surface area (Å²) in [5, 5.41) is 18.5. The molecule has 1 aliphatic rings. The highest BCUT2D eigenvalue weighted by molar-refractivity contribution is 6.06. The second kappa shape index (κ2) is 7.97. The Kier molecular flexibility index (Phi) is 4.98. The van der Waals surface area contributed by atoms with Gasteiger partial charge in [-0.05, 0) is 37.1 Å². The minimum Gasteiger partial charge on any atom is -0.444 e. The van der Waals surface area contributed by atoms with E-state index in [0.717, 1.165) is 36.0 Å². The van der Waals surface area contributed by atoms with Gasteiger partial charge in [0.1, 0.15) is 12.1 Å². The summed E-state index contributed by atoms with van der Waals surface area (Å²) in [6.07, 6.45) is 5.99. The number of fused-ring (bicyclic) bond motifs is 1. The molecule has 0 saturated carbocycles. The molecule has 5 rings (SSSR count). The van der Waals surface area contributed by atoms with Gasteiger partial charge in [0.2, 0.25) is 5.89 Å². The minimum absolute atomic E-state index is 0.145. The fourth-order valence-electron chi connectivity index (χ4n) is 4.00. The fraction of sp³-hybridized carbons (Fsp3) is 0.273. The number of pyridine rings is 1. The molecule has 1 atom stereocenters. The lowest BCUT2D eigenvalue weighted by atomic mass is 10.1. The van der Waals surface area contributed by atoms with Gasteiger partial charge >= 0.3 is 0 Å². The number of β-amino-alcohol motifs (C(OH)–C–C–N with tert-alkyl or cyclic N) is 1. The van der Waals surface area contributed by atoms with E-state index in [2.05, 4.69) is 25.3 Å². The van der Waals surface area contributed by atoms with Crippen molar-refractivity contribution in [3.8, 4) is 11.5 Å². The third kappa shape index (κ3) is 3.87. The molecule has 0 aliphatic carbocycles. The number of amides is 1. The van der Waals surface area contributed by atoms with Crippen molar-refractivity contribution in [1.82, 2.24) is 19.7 Å². The van der Waals surface area contributed by atoms with E-state index < -0.39 is 12.0 Å². The van der Waals surface area contributed by atoms with Crippen LogP contribution < -0.4 is 16.0 Å². The minimum atomic E-state index is -0.405. The van der Waals surface area contributed by atoms with E-state index in [9.17, 15) is 9.90 Å². The van der Waals surface area contributed by atoms with Crippen LogP contribution in [0.4, 0.5) is 17.2 Å². The summed E-state index contributed by atoms with van der Waals surface area (Å²) in [6.45, 7) is 1.29. The predicted molar refractivity (Wildman–Crippen MR) is 120 cm³/mol. The number of nitrogens with two attached hydrogens (primary N) is 1. The molecule has 1 aromatic carbocycles. The maximum atomic E-state index is 13.0. The average Bonchev–Trinajstić information content (AvgIpc) is 3.39. The van der Waals surface area contributed by atoms with E-state index in [-0.39, 0.29) is 11.6 Å². The Morgan fingerprint density at radius 2 is 2.22 bits per heavy atom. The van der Waals surface area contributed by atoms with Gasteiger partial charge in [0.15, 0.2) is 5.69 Å². The summed E-state index contributed by atoms with van der Waals surface area (Å²) in [4.78, 5) is 23.3. The number of aryl methyl sites for hydroxylation is 1. The Labute approximate surface area is 183 Å². The topological polar surface area (TPSA) is 135 Å². The normalized spacial score (nSPS) is 16.4. The largest absolute Gasteiger partial charge is 0.444 e. The van der Waals surface area contributed by atoms with Gasteiger partial charge in [0.05, 0.1) is 23.0 Å². The summed E-state index contributed by atoms with van der Waals surface area (Å²) in [6, 6.07) is 7.17. The first kappa shape index (κ1) is 20.0. The molecule has 4 heterocycles. The van der Waals surface area contributed by atoms with E-state index >= 15 is 0 Å². The maximum Gasteiger partial charge on any atom is 0.277 e. The van der Waals surface area contributed by atoms with Crippen molar-refractivity contribution in [3.05, 3.63) is 48.6 Å². The second-order valence-corrected chi connectivity index (χ2v) is 7.93. The molecule has 164 valence electrons. The van der Waals surface area contributed by atoms with Gasteiger partial charge < -0.3 is 25.5 Å². The summed E-state index contributed by atoms with van der Waals surface area (Å²) in [7, 11) is 1.85. The molecule has 1 fully saturated rings. The Morgan fingerprint density at radius 1 is 1.34 bits per heavy atom. The van der Waals surface area contributed by atoms with Crippen LogP contribution in [0.5, 0.6) is 0 Å². The number of carbonyl (C=O) groups excluding carboxylic acids is 1. The molecule has 4 aromatic rings. The van der Waals surface area contributed by atoms with Crippen molar-refractivity contribution in [2.24, 2.45) is 7.05 Å². The highest BCUT2D eigenvalue weighted by atomic mass is 16.3. The van der Waals surface area contributed by atoms with Crippen LogP contribution in [0.25, 0.3) is 22.4 Å². The quantitative estimate of drug-likeness (QED) is 0.446. The van der Waals surface area contributed by atoms with Crippen molar-refractivity contribution in [2.75, 3.05) is 29.0 Å². The van der Waals surface area contributed by atoms with Gasteiger partial charge in [-0.25, -0.2) is 9.97 Å². The van der Waals surface area contributed by atoms with E-state index in [1.54, 1.807) is 23.0 Å². The number of anilines is 3. The van der Waals surface area contributed by atoms with Crippen LogP contribution in [-0.2, 0) is 7.05 Å². The highest BCUT2D eigenvalue weighted by Crippen LogP contribution is 2.33. The molecule has 0 spiro atoms. The molecule has 3 aromatic heterocycles. The van der Waals surface area contributed by atoms with Crippen molar-refractivity contribution in [3.63, 3.8) is 0 Å². The van der Waals surface area contributed by atoms with E-state index in [1.807, 2.05) is 25.4 Å². The second-order valence-electron chi connectivity index (χ2n) is 7.93. The monoisotopic (exact) mass is 433 g/mol. The number of nitrogens with one attached hydrogen (secondary N) is 1. The van der Waals surface area contributed by atoms with E-state index in [0.29, 0.717) is 23.6 Å². The molecule has 0 radical (unpaired) electrons. The number of aliphatic hydroxyl groups excluding tert-OH is 1. The van der Waals surface area contributed by atoms with Crippen LogP contribution in [0.3, 0.4) is 0 Å². The van der Waals surface area contributed by atoms with Crippen LogP contribution >= 0.6 is 0 Å². The molecule has 0 bridgehead atoms. The Balaban J connectivity index is 1.46. The van der Waals surface area contributed by atoms with Gasteiger partial charge in [-0.3, -0.25) is 9.48 Å². The SMILES string of the molecule is Cn1cc2cc(NC(=O)c3coc(-c4ccnc(N)c4)n3)c(N3CCCC(O)C3)cc2n1. The van der Waals surface area contributed by atoms with Crippen LogP contribution in [-0.4, -0.2) is 50.0 Å². The summed E-state index contributed by atoms with van der Waals surface area (Å²) >= 11 is 0. The lowest BCUT2D eigenvalue weighted by Gasteiger charge is -2.33. The fourth-order valence-corrected chi connectivity index (χ4v) is 4.00. The lowest BCUT2D eigenvalue weighted by molar-refractivity contribution is 0.102. The molecular weight excluding hydrogens is 410 g/mol. The average molecular weight is 433 g/mol. The van der Waals surface area contributed by atoms with Crippen LogP contribution in [0.2, 0.25) is 0 Å². The summed E-state index contributed by atoms with van der Waals surface area (Å²) < 4.78 is 7.22. The number of carbonyl (C=O) groups is 1. The molecule has 1 saturated heterocycles. The molecule has 10 nitrogen and oxygen atoms in total. The smallest absolute Gasteiger partial charge is 0.277 e. The first-order valence-corrected chi connectivity index (χ1v) is 10.4. The molecule has 1 unspecified atom stereocenters. The Morgan fingerprint density at radius 3 is 3.03 bits per heavy atom. The van der Waals surface area contributed by atoms with E-state index in [4.69, 9.17) is 10.2 Å². The number of rotatable bonds is 4. The van der Waals surface area contributed by atoms with Crippen molar-refractivity contribution >= 4 is 34.0 Å². The van der Waals surface area contributed by atoms with E-state index in [1.165, 1.54) is 6.26 Å². The van der Waals surface area contributed by atoms with Crippen LogP contribution in [0.15, 0.2) is 47.3 Å². The molecule has 1 aliphatic heterocycles. The van der Waals surface area contributed by atoms with Gasteiger partial charge in [-0.15, -0.1) is 0 Å². The number of nitrogens with zero attached hydrogens (tertiary/aromatic N) is 5. The number of piperidine rings is 1. The van der Waals surface area contributed by atoms with Crippen molar-refractivity contribution < 1.29 is 14.3 Å². The number of oxazole rings is 1. The highest BCUT2D eigenvalue weighted by Gasteiger charge is 2.23. The number of hydrogen-bond acceptors (Lipinski definition) is 8. The van der Waals surface area contributed by atoms with Crippen molar-refractivity contribution in [1.29, 1.82) is 0 Å². The standard InChI is InChI=1S/C22H23N7O3/c1-28-10-14-7-17(19(9-16(14)27-28)29-6-2-3-15(30)11-29)25-21(31)18-12-32-22(26-18)13-4-5-24-20(23)8-13/h4-5,7-10,12,15,30H,2-3,6,11H2,1H3,(H2,23,24)(H,25,31). The molecule has 10 heteroatoms. The van der Waals surface area contributed by atoms with Crippen LogP contribution in [0.1, 0.15) is 23.3 Å². The third-order valence-electron chi connectivity index (χ3n) is 5.49. The molecule has 32 heavy (non-hydrogen) atoms. The summed E-state index contributed by atoms with van der Waals surface area (Å²) in [5.74, 6) is 0.222. The number of nitrogen functional groups attached to an aromatic ring is 1. The number of benzene rings is 1. The zero-order chi connectivity index (χ0) is 22.2. The first-order chi connectivity index (χ1) is 15.5. The van der Waals surface area contributed by atoms with Gasteiger partial charge in [-0.2, -0.15) is 5.10 Å². The Hall–Kier alpha value is -3.92. The van der Waals surface area contributed by atoms with Crippen LogP contribution in [0, 0.1) is 0 Å². The van der Waals surface area contributed by atoms with Crippen molar-refractivity contribution in [2.45, 2.75) is 18.9 Å². The number of aromatic nitrogens is 4. The zero-order valence-electron chi connectivity index (χ0n) is 17.5. The summed E-state index contributed by atoms with van der Waals surface area (Å²) in [5.41, 5.74) is 8.76. The third-order valence-corrected chi connectivity index (χ3v) is 5.49. The maximum absolute atomic E-state index is 13.0. The predicted octanol–water partition coefficient (Wildman–Crippen LogP) is 2.42. The van der Waals surface area contributed by atoms with Gasteiger partial charge in [0, 0.05) is 43.5 Å². The van der Waals surface area contributed by atoms with Gasteiger partial charge in [-0.1, -0.05) is 0 Å². The lowest BCUT2D eigenvalue weighted by Crippen LogP contribution is -2.38. The first-order valence-electron chi connectivity index (χ1n) is 10.4. The molecule has 1 amide bonds. The zero-order valence-corrected chi connectivity index (χ0v) is 17.5. The molecular formula is C22H23N7O3. The van der Waals surface area contributed by atoms with Gasteiger partial charge in [0.25, 0.3) is 5.91 Å². The number of hydrogen-bond donors (Lipinski definition) is 3. The Bertz CT molecular complexity index is 1300. The molecule has 4 N–H and O–H groups in total. The number of aliphatic hydroxyl groups is 1.